The molecule has 4 rings (SSSR count). The second-order valence-corrected chi connectivity index (χ2v) is 10.6. The maximum Gasteiger partial charge on any atom is 0.354 e. The van der Waals surface area contributed by atoms with Crippen molar-refractivity contribution in [2.75, 3.05) is 5.32 Å². The van der Waals surface area contributed by atoms with Crippen LogP contribution >= 0.6 is 11.3 Å². The summed E-state index contributed by atoms with van der Waals surface area (Å²) in [4.78, 5) is 12.6. The number of thiophene rings is 1. The maximum absolute atomic E-state index is 12.9. The first kappa shape index (κ1) is 18.7. The molecule has 1 heterocycles. The van der Waals surface area contributed by atoms with Crippen LogP contribution in [0.25, 0.3) is 0 Å². The number of anilines is 1. The summed E-state index contributed by atoms with van der Waals surface area (Å²) in [5, 5.41) is 10.8. The highest BCUT2D eigenvalue weighted by molar-refractivity contribution is 7.93. The first-order chi connectivity index (χ1) is 12.8. The molecular formula is C20H25N3O2S2. The van der Waals surface area contributed by atoms with Crippen LogP contribution in [-0.4, -0.2) is 10.2 Å². The van der Waals surface area contributed by atoms with Gasteiger partial charge in [-0.1, -0.05) is 19.9 Å². The standard InChI is InChI=1S/C20H25N3O2S2/c1-12(2)15-10-18(26-11-15)27(21,25)23-20(24)22-19-16-7-3-5-13(16)9-14-6-4-8-17(14)19/h9-12H,3-8H2,1-2H3,(H3,21,22,23,24,25)/t27-/m1/s1. The number of carbonyl (C=O) groups is 1. The summed E-state index contributed by atoms with van der Waals surface area (Å²) >= 11 is 1.30. The summed E-state index contributed by atoms with van der Waals surface area (Å²) in [7, 11) is -3.24. The molecule has 0 saturated carbocycles. The molecule has 2 aliphatic carbocycles. The molecular weight excluding hydrogens is 378 g/mol. The third-order valence-electron chi connectivity index (χ3n) is 5.47. The zero-order valence-electron chi connectivity index (χ0n) is 15.7. The fraction of sp³-hybridized carbons (Fsp3) is 0.450. The molecule has 0 bridgehead atoms. The van der Waals surface area contributed by atoms with Crippen molar-refractivity contribution in [3.8, 4) is 0 Å². The van der Waals surface area contributed by atoms with Crippen molar-refractivity contribution in [1.29, 1.82) is 0 Å². The summed E-state index contributed by atoms with van der Waals surface area (Å²) in [6, 6.07) is 3.49. The number of hydrogen-bond acceptors (Lipinski definition) is 3. The van der Waals surface area contributed by atoms with E-state index in [9.17, 15) is 9.00 Å². The van der Waals surface area contributed by atoms with E-state index in [1.807, 2.05) is 5.38 Å². The Morgan fingerprint density at radius 1 is 1.15 bits per heavy atom. The fourth-order valence-electron chi connectivity index (χ4n) is 4.05. The third-order valence-corrected chi connectivity index (χ3v) is 8.35. The number of hydrogen-bond donors (Lipinski definition) is 2. The van der Waals surface area contributed by atoms with E-state index in [1.54, 1.807) is 6.07 Å². The van der Waals surface area contributed by atoms with E-state index in [4.69, 9.17) is 5.14 Å². The van der Waals surface area contributed by atoms with Gasteiger partial charge in [0.1, 0.15) is 4.21 Å². The van der Waals surface area contributed by atoms with E-state index in [1.165, 1.54) is 33.6 Å². The lowest BCUT2D eigenvalue weighted by Gasteiger charge is -2.15. The quantitative estimate of drug-likeness (QED) is 0.773. The highest BCUT2D eigenvalue weighted by Gasteiger charge is 2.25. The summed E-state index contributed by atoms with van der Waals surface area (Å²) in [6.45, 7) is 4.12. The second kappa shape index (κ2) is 7.04. The molecule has 144 valence electrons. The Balaban J connectivity index is 1.65. The Morgan fingerprint density at radius 2 is 1.78 bits per heavy atom. The Bertz CT molecular complexity index is 998. The van der Waals surface area contributed by atoms with Crippen molar-refractivity contribution in [2.24, 2.45) is 9.50 Å². The molecule has 2 aromatic rings. The number of aryl methyl sites for hydroxylation is 2. The van der Waals surface area contributed by atoms with Crippen LogP contribution in [0.1, 0.15) is 60.4 Å². The van der Waals surface area contributed by atoms with Gasteiger partial charge in [-0.25, -0.2) is 14.1 Å². The summed E-state index contributed by atoms with van der Waals surface area (Å²) < 4.78 is 17.2. The summed E-state index contributed by atoms with van der Waals surface area (Å²) in [5.74, 6) is 0.313. The van der Waals surface area contributed by atoms with Crippen LogP contribution in [0.3, 0.4) is 0 Å². The number of rotatable bonds is 3. The minimum atomic E-state index is -3.24. The molecule has 0 saturated heterocycles. The van der Waals surface area contributed by atoms with E-state index in [0.717, 1.165) is 49.8 Å². The Kier molecular flexibility index (Phi) is 4.86. The topological polar surface area (TPSA) is 84.6 Å². The first-order valence-corrected chi connectivity index (χ1v) is 11.9. The van der Waals surface area contributed by atoms with E-state index in [-0.39, 0.29) is 0 Å². The van der Waals surface area contributed by atoms with Crippen LogP contribution in [0.5, 0.6) is 0 Å². The molecule has 2 amide bonds. The van der Waals surface area contributed by atoms with Gasteiger partial charge >= 0.3 is 6.03 Å². The lowest BCUT2D eigenvalue weighted by molar-refractivity contribution is 0.260. The molecule has 3 N–H and O–H groups in total. The average molecular weight is 404 g/mol. The molecule has 7 heteroatoms. The molecule has 0 radical (unpaired) electrons. The van der Waals surface area contributed by atoms with Crippen LogP contribution in [-0.2, 0) is 35.6 Å². The SMILES string of the molecule is CC(C)c1csc([S@](N)(=O)=NC(=O)Nc2c3c(cc4c2CCC4)CCC3)c1. The lowest BCUT2D eigenvalue weighted by atomic mass is 9.99. The Morgan fingerprint density at radius 3 is 2.33 bits per heavy atom. The van der Waals surface area contributed by atoms with Gasteiger partial charge < -0.3 is 5.32 Å². The lowest BCUT2D eigenvalue weighted by Crippen LogP contribution is -2.18. The van der Waals surface area contributed by atoms with Gasteiger partial charge in [0, 0.05) is 5.69 Å². The number of nitrogens with zero attached hydrogens (tertiary/aromatic N) is 1. The molecule has 0 spiro atoms. The van der Waals surface area contributed by atoms with Crippen molar-refractivity contribution in [3.05, 3.63) is 45.3 Å². The summed E-state index contributed by atoms with van der Waals surface area (Å²) in [6.07, 6.45) is 6.28. The van der Waals surface area contributed by atoms with E-state index in [0.29, 0.717) is 10.1 Å². The van der Waals surface area contributed by atoms with Crippen LogP contribution in [0.15, 0.2) is 26.1 Å². The monoisotopic (exact) mass is 403 g/mol. The smallest absolute Gasteiger partial charge is 0.305 e. The predicted octanol–water partition coefficient (Wildman–Crippen LogP) is 4.78. The molecule has 0 fully saturated rings. The highest BCUT2D eigenvalue weighted by Crippen LogP contribution is 2.38. The van der Waals surface area contributed by atoms with Gasteiger partial charge in [-0.3, -0.25) is 0 Å². The number of urea groups is 1. The maximum atomic E-state index is 12.9. The normalized spacial score (nSPS) is 17.5. The van der Waals surface area contributed by atoms with Crippen molar-refractivity contribution in [1.82, 2.24) is 0 Å². The fourth-order valence-corrected chi connectivity index (χ4v) is 6.34. The van der Waals surface area contributed by atoms with Gasteiger partial charge in [0.05, 0.1) is 0 Å². The Hall–Kier alpha value is -1.70. The minimum Gasteiger partial charge on any atom is -0.305 e. The van der Waals surface area contributed by atoms with E-state index >= 15 is 0 Å². The molecule has 1 atom stereocenters. The van der Waals surface area contributed by atoms with Crippen LogP contribution in [0, 0.1) is 0 Å². The van der Waals surface area contributed by atoms with Crippen molar-refractivity contribution in [2.45, 2.75) is 62.5 Å². The minimum absolute atomic E-state index is 0.313. The van der Waals surface area contributed by atoms with Gasteiger partial charge in [-0.05, 0) is 83.7 Å². The van der Waals surface area contributed by atoms with E-state index < -0.39 is 15.9 Å². The number of fused-ring (bicyclic) bond motifs is 2. The first-order valence-electron chi connectivity index (χ1n) is 9.46. The molecule has 1 aromatic heterocycles. The molecule has 5 nitrogen and oxygen atoms in total. The van der Waals surface area contributed by atoms with Crippen LogP contribution < -0.4 is 10.5 Å². The molecule has 2 aliphatic rings. The van der Waals surface area contributed by atoms with Gasteiger partial charge in [0.25, 0.3) is 0 Å². The highest BCUT2D eigenvalue weighted by atomic mass is 32.2. The van der Waals surface area contributed by atoms with Gasteiger partial charge in [0.2, 0.25) is 0 Å². The van der Waals surface area contributed by atoms with Crippen molar-refractivity contribution in [3.63, 3.8) is 0 Å². The third kappa shape index (κ3) is 3.56. The van der Waals surface area contributed by atoms with E-state index in [2.05, 4.69) is 29.6 Å². The average Bonchev–Trinajstić information content (AvgIpc) is 3.34. The number of carbonyl (C=O) groups excluding carboxylic acids is 1. The number of benzene rings is 1. The number of amides is 2. The van der Waals surface area contributed by atoms with Crippen LogP contribution in [0.2, 0.25) is 0 Å². The van der Waals surface area contributed by atoms with Gasteiger partial charge in [-0.15, -0.1) is 15.7 Å². The molecule has 1 aromatic carbocycles. The van der Waals surface area contributed by atoms with Crippen LogP contribution in [0.4, 0.5) is 10.5 Å². The zero-order valence-corrected chi connectivity index (χ0v) is 17.3. The Labute approximate surface area is 164 Å². The van der Waals surface area contributed by atoms with Crippen molar-refractivity contribution < 1.29 is 9.00 Å². The van der Waals surface area contributed by atoms with Gasteiger partial charge in [-0.2, -0.15) is 0 Å². The molecule has 0 aliphatic heterocycles. The number of nitrogens with one attached hydrogen (secondary N) is 1. The zero-order chi connectivity index (χ0) is 19.2. The number of nitrogens with two attached hydrogens (primary N) is 1. The van der Waals surface area contributed by atoms with Crippen molar-refractivity contribution >= 4 is 33.0 Å². The molecule has 27 heavy (non-hydrogen) atoms. The van der Waals surface area contributed by atoms with Gasteiger partial charge in [0.15, 0.2) is 9.92 Å². The summed E-state index contributed by atoms with van der Waals surface area (Å²) in [5.41, 5.74) is 7.07. The molecule has 0 unspecified atom stereocenters. The second-order valence-electron chi connectivity index (χ2n) is 7.68. The largest absolute Gasteiger partial charge is 0.354 e. The predicted molar refractivity (Wildman–Crippen MR) is 111 cm³/mol.